The summed E-state index contributed by atoms with van der Waals surface area (Å²) < 4.78 is 0. The van der Waals surface area contributed by atoms with Crippen LogP contribution in [0.25, 0.3) is 10.2 Å². The number of thiophene rings is 1. The fraction of sp³-hybridized carbons (Fsp3) is 0.188. The summed E-state index contributed by atoms with van der Waals surface area (Å²) in [6, 6.07) is 9.34. The molecule has 0 unspecified atom stereocenters. The summed E-state index contributed by atoms with van der Waals surface area (Å²) in [5.74, 6) is 0.0915. The van der Waals surface area contributed by atoms with Crippen molar-refractivity contribution in [1.82, 2.24) is 9.97 Å². The van der Waals surface area contributed by atoms with Gasteiger partial charge in [0.15, 0.2) is 5.78 Å². The van der Waals surface area contributed by atoms with Crippen LogP contribution in [0.3, 0.4) is 0 Å². The fourth-order valence-corrected chi connectivity index (χ4v) is 3.29. The number of hydrogen-bond acceptors (Lipinski definition) is 4. The first kappa shape index (κ1) is 12.9. The first-order chi connectivity index (χ1) is 9.66. The summed E-state index contributed by atoms with van der Waals surface area (Å²) in [6.45, 7) is 4.14. The van der Waals surface area contributed by atoms with E-state index in [2.05, 4.69) is 23.8 Å². The van der Waals surface area contributed by atoms with Gasteiger partial charge in [0.05, 0.1) is 12.1 Å². The largest absolute Gasteiger partial charge is 0.294 e. The molecule has 1 aromatic carbocycles. The van der Waals surface area contributed by atoms with Crippen molar-refractivity contribution < 1.29 is 4.79 Å². The average Bonchev–Trinajstić information content (AvgIpc) is 2.76. The van der Waals surface area contributed by atoms with E-state index in [0.29, 0.717) is 6.42 Å². The van der Waals surface area contributed by atoms with Crippen molar-refractivity contribution in [1.29, 1.82) is 0 Å². The number of ketones is 1. The average molecular weight is 282 g/mol. The number of Topliss-reactive ketones (excluding diaryl/α,β-unsaturated/α-hetero) is 1. The van der Waals surface area contributed by atoms with Crippen molar-refractivity contribution in [3.8, 4) is 0 Å². The highest BCUT2D eigenvalue weighted by molar-refractivity contribution is 7.18. The summed E-state index contributed by atoms with van der Waals surface area (Å²) in [7, 11) is 0. The SMILES string of the molecule is Cc1sc2ncnc(CC(=O)c3ccccc3)c2c1C. The summed E-state index contributed by atoms with van der Waals surface area (Å²) >= 11 is 1.65. The van der Waals surface area contributed by atoms with Crippen LogP contribution in [0.5, 0.6) is 0 Å². The molecule has 0 N–H and O–H groups in total. The predicted molar refractivity (Wildman–Crippen MR) is 81.4 cm³/mol. The number of hydrogen-bond donors (Lipinski definition) is 0. The lowest BCUT2D eigenvalue weighted by Gasteiger charge is -2.03. The van der Waals surface area contributed by atoms with Gasteiger partial charge in [0.1, 0.15) is 11.2 Å². The maximum Gasteiger partial charge on any atom is 0.168 e. The molecule has 3 nitrogen and oxygen atoms in total. The molecule has 0 aliphatic rings. The van der Waals surface area contributed by atoms with Crippen molar-refractivity contribution in [2.24, 2.45) is 0 Å². The van der Waals surface area contributed by atoms with Crippen molar-refractivity contribution in [3.05, 3.63) is 58.4 Å². The Labute approximate surface area is 121 Å². The third-order valence-electron chi connectivity index (χ3n) is 3.47. The molecule has 3 aromatic rings. The highest BCUT2D eigenvalue weighted by Gasteiger charge is 2.15. The van der Waals surface area contributed by atoms with Gasteiger partial charge in [-0.25, -0.2) is 9.97 Å². The quantitative estimate of drug-likeness (QED) is 0.687. The van der Waals surface area contributed by atoms with E-state index < -0.39 is 0 Å². The molecule has 2 heterocycles. The molecule has 0 saturated heterocycles. The Balaban J connectivity index is 2.01. The number of aromatic nitrogens is 2. The van der Waals surface area contributed by atoms with Crippen LogP contribution < -0.4 is 0 Å². The Hall–Kier alpha value is -2.07. The van der Waals surface area contributed by atoms with Crippen LogP contribution >= 0.6 is 11.3 Å². The van der Waals surface area contributed by atoms with Crippen LogP contribution in [0.2, 0.25) is 0 Å². The summed E-state index contributed by atoms with van der Waals surface area (Å²) in [4.78, 5) is 23.1. The van der Waals surface area contributed by atoms with E-state index in [0.717, 1.165) is 21.5 Å². The number of carbonyl (C=O) groups excluding carboxylic acids is 1. The molecule has 0 atom stereocenters. The molecule has 20 heavy (non-hydrogen) atoms. The van der Waals surface area contributed by atoms with E-state index in [4.69, 9.17) is 0 Å². The Kier molecular flexibility index (Phi) is 3.32. The smallest absolute Gasteiger partial charge is 0.168 e. The van der Waals surface area contributed by atoms with Crippen LogP contribution in [0.4, 0.5) is 0 Å². The van der Waals surface area contributed by atoms with Crippen molar-refractivity contribution >= 4 is 27.3 Å². The molecule has 0 aliphatic heterocycles. The summed E-state index contributed by atoms with van der Waals surface area (Å²) in [6.07, 6.45) is 1.87. The van der Waals surface area contributed by atoms with Crippen molar-refractivity contribution in [3.63, 3.8) is 0 Å². The molecule has 0 spiro atoms. The molecule has 0 bridgehead atoms. The minimum atomic E-state index is 0.0915. The highest BCUT2D eigenvalue weighted by atomic mass is 32.1. The molecule has 0 aliphatic carbocycles. The normalized spacial score (nSPS) is 10.9. The molecule has 4 heteroatoms. The number of rotatable bonds is 3. The lowest BCUT2D eigenvalue weighted by atomic mass is 10.0. The van der Waals surface area contributed by atoms with Crippen molar-refractivity contribution in [2.45, 2.75) is 20.3 Å². The molecule has 100 valence electrons. The number of fused-ring (bicyclic) bond motifs is 1. The van der Waals surface area contributed by atoms with Gasteiger partial charge in [-0.15, -0.1) is 11.3 Å². The van der Waals surface area contributed by atoms with Crippen LogP contribution in [0, 0.1) is 13.8 Å². The highest BCUT2D eigenvalue weighted by Crippen LogP contribution is 2.30. The van der Waals surface area contributed by atoms with Crippen molar-refractivity contribution in [2.75, 3.05) is 0 Å². The second-order valence-electron chi connectivity index (χ2n) is 4.75. The van der Waals surface area contributed by atoms with Gasteiger partial charge in [0, 0.05) is 15.8 Å². The van der Waals surface area contributed by atoms with Gasteiger partial charge in [-0.05, 0) is 19.4 Å². The predicted octanol–water partition coefficient (Wildman–Crippen LogP) is 3.73. The third-order valence-corrected chi connectivity index (χ3v) is 4.58. The second-order valence-corrected chi connectivity index (χ2v) is 5.95. The Morgan fingerprint density at radius 3 is 2.65 bits per heavy atom. The van der Waals surface area contributed by atoms with Crippen LogP contribution in [0.15, 0.2) is 36.7 Å². The molecule has 0 fully saturated rings. The maximum absolute atomic E-state index is 12.3. The number of nitrogens with zero attached hydrogens (tertiary/aromatic N) is 2. The fourth-order valence-electron chi connectivity index (χ4n) is 2.27. The summed E-state index contributed by atoms with van der Waals surface area (Å²) in [5, 5.41) is 1.04. The van der Waals surface area contributed by atoms with Gasteiger partial charge in [-0.3, -0.25) is 4.79 Å². The first-order valence-corrected chi connectivity index (χ1v) is 7.26. The molecule has 0 amide bonds. The zero-order chi connectivity index (χ0) is 14.1. The van der Waals surface area contributed by atoms with Gasteiger partial charge >= 0.3 is 0 Å². The topological polar surface area (TPSA) is 42.9 Å². The minimum absolute atomic E-state index is 0.0915. The van der Waals surface area contributed by atoms with E-state index in [9.17, 15) is 4.79 Å². The zero-order valence-corrected chi connectivity index (χ0v) is 12.2. The van der Waals surface area contributed by atoms with Crippen LogP contribution in [-0.4, -0.2) is 15.8 Å². The van der Waals surface area contributed by atoms with E-state index in [1.165, 1.54) is 10.4 Å². The Morgan fingerprint density at radius 2 is 1.90 bits per heavy atom. The number of carbonyl (C=O) groups is 1. The summed E-state index contributed by atoms with van der Waals surface area (Å²) in [5.41, 5.74) is 2.73. The monoisotopic (exact) mass is 282 g/mol. The van der Waals surface area contributed by atoms with Gasteiger partial charge in [0.25, 0.3) is 0 Å². The molecule has 0 saturated carbocycles. The van der Waals surface area contributed by atoms with E-state index in [1.54, 1.807) is 17.7 Å². The Morgan fingerprint density at radius 1 is 1.15 bits per heavy atom. The van der Waals surface area contributed by atoms with Gasteiger partial charge < -0.3 is 0 Å². The Bertz CT molecular complexity index is 778. The lowest BCUT2D eigenvalue weighted by molar-refractivity contribution is 0.0992. The lowest BCUT2D eigenvalue weighted by Crippen LogP contribution is -2.05. The first-order valence-electron chi connectivity index (χ1n) is 6.44. The molecule has 2 aromatic heterocycles. The minimum Gasteiger partial charge on any atom is -0.294 e. The number of benzene rings is 1. The van der Waals surface area contributed by atoms with E-state index in [1.807, 2.05) is 30.3 Å². The van der Waals surface area contributed by atoms with Gasteiger partial charge in [-0.2, -0.15) is 0 Å². The van der Waals surface area contributed by atoms with Crippen LogP contribution in [0.1, 0.15) is 26.5 Å². The van der Waals surface area contributed by atoms with Gasteiger partial charge in [-0.1, -0.05) is 30.3 Å². The molecule has 3 rings (SSSR count). The van der Waals surface area contributed by atoms with Crippen LogP contribution in [-0.2, 0) is 6.42 Å². The third kappa shape index (κ3) is 2.23. The number of aryl methyl sites for hydroxylation is 2. The van der Waals surface area contributed by atoms with E-state index >= 15 is 0 Å². The molecular formula is C16H14N2OS. The van der Waals surface area contributed by atoms with E-state index in [-0.39, 0.29) is 5.78 Å². The maximum atomic E-state index is 12.3. The standard InChI is InChI=1S/C16H14N2OS/c1-10-11(2)20-16-15(10)13(17-9-18-16)8-14(19)12-6-4-3-5-7-12/h3-7,9H,8H2,1-2H3. The second kappa shape index (κ2) is 5.13. The zero-order valence-electron chi connectivity index (χ0n) is 11.4. The van der Waals surface area contributed by atoms with Gasteiger partial charge in [0.2, 0.25) is 0 Å². The molecular weight excluding hydrogens is 268 g/mol. The molecule has 0 radical (unpaired) electrons.